The highest BCUT2D eigenvalue weighted by Gasteiger charge is 2.44. The summed E-state index contributed by atoms with van der Waals surface area (Å²) >= 11 is 0. The summed E-state index contributed by atoms with van der Waals surface area (Å²) in [7, 11) is -0.846. The van der Waals surface area contributed by atoms with Gasteiger partial charge in [-0.1, -0.05) is 24.3 Å². The number of ether oxygens (including phenoxy) is 9. The molecule has 1 unspecified atom stereocenters. The standard InChI is InChI=1S/C56H82N2O18S2/c1-44-41-46(68-5)17-20-48(44)49(50-19-16-45(42-53(50)59)57(24-26-71-32-34-75-38-36-73-30-28-66-3)25-27-72-33-35-76-39-37-74-31-29-67-4)13-9-8-10-14-54-56(2,22-11-15-55(60)61)51-43-47(78(64,65)70-7)18-21-52(51)58(54)23-12-40-77(62,63)69-6/h8,10,13-14,16-21,41-43,59H,9,11-12,15,22-40H2,1-7H3,(H,60,61)/b10-8+,49-13-,54-14+. The SMILES string of the molecule is COCCOCCOCCOCCN(CCOCCOCCOCCOC)c1ccc(/C(=C\C/C=C/C=C2/N(CCCS(=O)(=O)OC)c3ccc(S(=O)(=O)OC)cc3C2(C)CCCC(=O)O)c2ccc(OC)cc2C)c(O)c1. The van der Waals surface area contributed by atoms with Gasteiger partial charge in [0.25, 0.3) is 20.2 Å². The number of aromatic hydroxyl groups is 1. The third kappa shape index (κ3) is 21.3. The largest absolute Gasteiger partial charge is 0.507 e. The van der Waals surface area contributed by atoms with Crippen LogP contribution in [0.25, 0.3) is 5.57 Å². The van der Waals surface area contributed by atoms with Crippen molar-refractivity contribution in [3.05, 3.63) is 107 Å². The van der Waals surface area contributed by atoms with Gasteiger partial charge in [0.1, 0.15) is 11.5 Å². The van der Waals surface area contributed by atoms with E-state index in [0.29, 0.717) is 141 Å². The third-order valence-electron chi connectivity index (χ3n) is 12.9. The number of hydrogen-bond acceptors (Lipinski definition) is 19. The molecule has 78 heavy (non-hydrogen) atoms. The number of hydrogen-bond donors (Lipinski definition) is 2. The van der Waals surface area contributed by atoms with Crippen molar-refractivity contribution in [2.45, 2.75) is 56.3 Å². The van der Waals surface area contributed by atoms with Crippen LogP contribution in [0.3, 0.4) is 0 Å². The number of nitrogens with zero attached hydrogens (tertiary/aromatic N) is 2. The van der Waals surface area contributed by atoms with E-state index in [1.165, 1.54) is 6.07 Å². The van der Waals surface area contributed by atoms with Gasteiger partial charge in [0.2, 0.25) is 0 Å². The summed E-state index contributed by atoms with van der Waals surface area (Å²) in [5, 5.41) is 21.6. The van der Waals surface area contributed by atoms with E-state index >= 15 is 0 Å². The lowest BCUT2D eigenvalue weighted by Gasteiger charge is -2.30. The highest BCUT2D eigenvalue weighted by Crippen LogP contribution is 2.51. The number of rotatable bonds is 42. The molecule has 0 bridgehead atoms. The fraction of sp³-hybridized carbons (Fsp3) is 0.554. The third-order valence-corrected chi connectivity index (χ3v) is 15.5. The van der Waals surface area contributed by atoms with Gasteiger partial charge in [0.15, 0.2) is 0 Å². The molecule has 3 aromatic carbocycles. The number of aliphatic carboxylic acids is 1. The van der Waals surface area contributed by atoms with Crippen LogP contribution in [0.1, 0.15) is 61.3 Å². The average molecular weight is 1140 g/mol. The summed E-state index contributed by atoms with van der Waals surface area (Å²) in [5.74, 6) is -0.495. The molecule has 0 saturated heterocycles. The van der Waals surface area contributed by atoms with Crippen molar-refractivity contribution in [1.29, 1.82) is 0 Å². The Morgan fingerprint density at radius 2 is 1.27 bits per heavy atom. The Labute approximate surface area is 462 Å². The van der Waals surface area contributed by atoms with Crippen LogP contribution in [0.5, 0.6) is 11.5 Å². The number of carboxylic acids is 1. The Kier molecular flexibility index (Phi) is 29.4. The quantitative estimate of drug-likeness (QED) is 0.0433. The minimum atomic E-state index is -4.10. The number of anilines is 2. The smallest absolute Gasteiger partial charge is 0.303 e. The molecule has 0 radical (unpaired) electrons. The second-order valence-corrected chi connectivity index (χ2v) is 21.7. The van der Waals surface area contributed by atoms with Gasteiger partial charge in [0, 0.05) is 74.4 Å². The fourth-order valence-corrected chi connectivity index (χ4v) is 10.1. The molecule has 22 heteroatoms. The number of carboxylic acid groups (broad SMARTS) is 1. The summed E-state index contributed by atoms with van der Waals surface area (Å²) in [6, 6.07) is 16.0. The van der Waals surface area contributed by atoms with E-state index in [2.05, 4.69) is 4.90 Å². The van der Waals surface area contributed by atoms with Gasteiger partial charge in [-0.15, -0.1) is 0 Å². The predicted molar refractivity (Wildman–Crippen MR) is 298 cm³/mol. The van der Waals surface area contributed by atoms with Crippen molar-refractivity contribution < 1.29 is 82.8 Å². The zero-order valence-electron chi connectivity index (χ0n) is 46.4. The van der Waals surface area contributed by atoms with E-state index in [9.17, 15) is 31.8 Å². The number of aryl methyl sites for hydroxylation is 1. The van der Waals surface area contributed by atoms with Crippen molar-refractivity contribution in [2.75, 3.05) is 163 Å². The van der Waals surface area contributed by atoms with Crippen molar-refractivity contribution >= 4 is 43.2 Å². The first-order valence-electron chi connectivity index (χ1n) is 26.0. The van der Waals surface area contributed by atoms with Crippen LogP contribution in [0.4, 0.5) is 11.4 Å². The van der Waals surface area contributed by atoms with Crippen LogP contribution in [-0.2, 0) is 76.7 Å². The lowest BCUT2D eigenvalue weighted by molar-refractivity contribution is -0.137. The number of benzene rings is 3. The molecule has 0 aliphatic carbocycles. The number of phenolic OH excluding ortho intramolecular Hbond substituents is 1. The molecule has 0 saturated carbocycles. The topological polar surface area (TPSA) is 234 Å². The Hall–Kier alpha value is -4.95. The first-order valence-corrected chi connectivity index (χ1v) is 29.0. The minimum absolute atomic E-state index is 0.0518. The molecule has 1 atom stereocenters. The number of fused-ring (bicyclic) bond motifs is 1. The monoisotopic (exact) mass is 1130 g/mol. The van der Waals surface area contributed by atoms with Crippen molar-refractivity contribution in [3.63, 3.8) is 0 Å². The number of phenols is 1. The highest BCUT2D eigenvalue weighted by atomic mass is 32.2. The van der Waals surface area contributed by atoms with Gasteiger partial charge in [-0.2, -0.15) is 16.8 Å². The zero-order chi connectivity index (χ0) is 56.8. The molecule has 0 amide bonds. The first kappa shape index (κ1) is 65.6. The summed E-state index contributed by atoms with van der Waals surface area (Å²) in [6.45, 7) is 11.4. The maximum absolute atomic E-state index is 13.0. The highest BCUT2D eigenvalue weighted by molar-refractivity contribution is 7.87. The molecule has 20 nitrogen and oxygen atoms in total. The number of carbonyl (C=O) groups is 1. The van der Waals surface area contributed by atoms with Crippen molar-refractivity contribution in [3.8, 4) is 11.5 Å². The van der Waals surface area contributed by atoms with Crippen LogP contribution in [-0.4, -0.2) is 186 Å². The van der Waals surface area contributed by atoms with Crippen LogP contribution in [0, 0.1) is 6.92 Å². The molecule has 436 valence electrons. The Morgan fingerprint density at radius 1 is 0.692 bits per heavy atom. The molecule has 2 N–H and O–H groups in total. The van der Waals surface area contributed by atoms with E-state index in [1.54, 1.807) is 39.5 Å². The van der Waals surface area contributed by atoms with E-state index < -0.39 is 31.6 Å². The Balaban J connectivity index is 1.64. The van der Waals surface area contributed by atoms with Gasteiger partial charge >= 0.3 is 5.97 Å². The lowest BCUT2D eigenvalue weighted by Crippen LogP contribution is -2.31. The van der Waals surface area contributed by atoms with Gasteiger partial charge < -0.3 is 62.6 Å². The van der Waals surface area contributed by atoms with Crippen LogP contribution in [0.15, 0.2) is 89.5 Å². The summed E-state index contributed by atoms with van der Waals surface area (Å²) in [5.41, 5.74) is 5.03. The van der Waals surface area contributed by atoms with E-state index in [0.717, 1.165) is 42.3 Å². The summed E-state index contributed by atoms with van der Waals surface area (Å²) in [4.78, 5) is 15.7. The van der Waals surface area contributed by atoms with E-state index in [1.807, 2.05) is 73.4 Å². The molecule has 3 aromatic rings. The first-order chi connectivity index (χ1) is 37.5. The van der Waals surface area contributed by atoms with Crippen molar-refractivity contribution in [1.82, 2.24) is 0 Å². The van der Waals surface area contributed by atoms with Crippen LogP contribution < -0.4 is 14.5 Å². The maximum atomic E-state index is 13.0. The molecular formula is C56H82N2O18S2. The van der Waals surface area contributed by atoms with Gasteiger partial charge in [-0.25, -0.2) is 0 Å². The van der Waals surface area contributed by atoms with Gasteiger partial charge in [0.05, 0.1) is 124 Å². The van der Waals surface area contributed by atoms with Crippen molar-refractivity contribution in [2.24, 2.45) is 0 Å². The molecule has 1 aliphatic rings. The van der Waals surface area contributed by atoms with E-state index in [-0.39, 0.29) is 42.2 Å². The molecule has 1 heterocycles. The molecule has 0 fully saturated rings. The number of allylic oxidation sites excluding steroid dienone is 5. The van der Waals surface area contributed by atoms with Crippen LogP contribution >= 0.6 is 0 Å². The van der Waals surface area contributed by atoms with Gasteiger partial charge in [-0.05, 0) is 110 Å². The predicted octanol–water partition coefficient (Wildman–Crippen LogP) is 6.90. The average Bonchev–Trinajstić information content (AvgIpc) is 3.71. The maximum Gasteiger partial charge on any atom is 0.303 e. The Morgan fingerprint density at radius 3 is 1.79 bits per heavy atom. The summed E-state index contributed by atoms with van der Waals surface area (Å²) < 4.78 is 110. The second-order valence-electron chi connectivity index (χ2n) is 18.2. The second kappa shape index (κ2) is 34.9. The molecule has 0 spiro atoms. The molecular weight excluding hydrogens is 1050 g/mol. The Bertz CT molecular complexity index is 2580. The van der Waals surface area contributed by atoms with E-state index in [4.69, 9.17) is 51.0 Å². The summed E-state index contributed by atoms with van der Waals surface area (Å²) in [6.07, 6.45) is 8.81. The fourth-order valence-electron chi connectivity index (χ4n) is 8.75. The lowest BCUT2D eigenvalue weighted by atomic mass is 9.77. The van der Waals surface area contributed by atoms with Gasteiger partial charge in [-0.3, -0.25) is 13.2 Å². The molecule has 0 aromatic heterocycles. The number of methoxy groups -OCH3 is 3. The molecule has 4 rings (SSSR count). The minimum Gasteiger partial charge on any atom is -0.507 e. The zero-order valence-corrected chi connectivity index (χ0v) is 48.0. The van der Waals surface area contributed by atoms with Crippen LogP contribution in [0.2, 0.25) is 0 Å². The normalized spacial score (nSPS) is 15.4. The molecule has 1 aliphatic heterocycles.